The summed E-state index contributed by atoms with van der Waals surface area (Å²) < 4.78 is 13.8. The third-order valence-corrected chi connectivity index (χ3v) is 4.92. The third kappa shape index (κ3) is 4.62. The second kappa shape index (κ2) is 8.43. The number of anilines is 1. The van der Waals surface area contributed by atoms with Gasteiger partial charge in [-0.25, -0.2) is 4.39 Å². The van der Waals surface area contributed by atoms with Gasteiger partial charge in [-0.2, -0.15) is 0 Å². The maximum atomic E-state index is 13.8. The molecule has 0 radical (unpaired) electrons. The van der Waals surface area contributed by atoms with Gasteiger partial charge in [0.2, 0.25) is 0 Å². The molecule has 7 heteroatoms. The van der Waals surface area contributed by atoms with E-state index in [4.69, 9.17) is 0 Å². The Balaban J connectivity index is 1.64. The number of hydrogen-bond acceptors (Lipinski definition) is 3. The molecule has 3 amide bonds. The predicted octanol–water partition coefficient (Wildman–Crippen LogP) is 2.97. The first-order valence-corrected chi connectivity index (χ1v) is 9.52. The number of rotatable bonds is 5. The van der Waals surface area contributed by atoms with Crippen molar-refractivity contribution >= 4 is 23.4 Å². The van der Waals surface area contributed by atoms with E-state index in [0.29, 0.717) is 25.2 Å². The van der Waals surface area contributed by atoms with Crippen molar-refractivity contribution in [3.05, 3.63) is 65.0 Å². The average molecular weight is 397 g/mol. The van der Waals surface area contributed by atoms with Crippen molar-refractivity contribution in [2.75, 3.05) is 18.4 Å². The number of halogens is 1. The summed E-state index contributed by atoms with van der Waals surface area (Å²) in [6.45, 7) is 6.85. The van der Waals surface area contributed by atoms with Gasteiger partial charge in [0.1, 0.15) is 5.82 Å². The molecule has 0 aliphatic carbocycles. The lowest BCUT2D eigenvalue weighted by Gasteiger charge is -2.36. The number of piperazine rings is 1. The van der Waals surface area contributed by atoms with Gasteiger partial charge in [0.05, 0.1) is 5.69 Å². The summed E-state index contributed by atoms with van der Waals surface area (Å²) in [5, 5.41) is 2.57. The molecule has 1 fully saturated rings. The zero-order valence-corrected chi connectivity index (χ0v) is 16.7. The maximum absolute atomic E-state index is 13.8. The van der Waals surface area contributed by atoms with Crippen molar-refractivity contribution in [2.45, 2.75) is 33.4 Å². The lowest BCUT2D eigenvalue weighted by atomic mass is 10.1. The van der Waals surface area contributed by atoms with E-state index in [0.717, 1.165) is 11.1 Å². The van der Waals surface area contributed by atoms with E-state index in [-0.39, 0.29) is 11.7 Å². The average Bonchev–Trinajstić information content (AvgIpc) is 2.68. The summed E-state index contributed by atoms with van der Waals surface area (Å²) in [6.07, 6.45) is 0. The van der Waals surface area contributed by atoms with Gasteiger partial charge in [-0.15, -0.1) is 0 Å². The van der Waals surface area contributed by atoms with Gasteiger partial charge in [-0.05, 0) is 56.2 Å². The molecule has 1 N–H and O–H groups in total. The number of carbonyl (C=O) groups excluding carboxylic acids is 3. The highest BCUT2D eigenvalue weighted by Gasteiger charge is 2.33. The topological polar surface area (TPSA) is 69.7 Å². The molecule has 0 spiro atoms. The maximum Gasteiger partial charge on any atom is 0.312 e. The zero-order valence-electron chi connectivity index (χ0n) is 16.7. The molecule has 6 nitrogen and oxygen atoms in total. The van der Waals surface area contributed by atoms with E-state index in [2.05, 4.69) is 5.32 Å². The Kier molecular flexibility index (Phi) is 5.96. The Hall–Kier alpha value is -3.22. The summed E-state index contributed by atoms with van der Waals surface area (Å²) in [6, 6.07) is 11.2. The van der Waals surface area contributed by atoms with E-state index in [9.17, 15) is 18.8 Å². The zero-order chi connectivity index (χ0) is 21.1. The monoisotopic (exact) mass is 397 g/mol. The Morgan fingerprint density at radius 1 is 1.07 bits per heavy atom. The van der Waals surface area contributed by atoms with Crippen LogP contribution in [0.5, 0.6) is 0 Å². The minimum Gasteiger partial charge on any atom is -0.330 e. The van der Waals surface area contributed by atoms with Gasteiger partial charge in [0, 0.05) is 31.2 Å². The number of hydrogen-bond donors (Lipinski definition) is 1. The molecule has 152 valence electrons. The summed E-state index contributed by atoms with van der Waals surface area (Å²) in [5.41, 5.74) is 2.16. The Morgan fingerprint density at radius 2 is 1.76 bits per heavy atom. The fourth-order valence-corrected chi connectivity index (χ4v) is 3.24. The molecule has 0 unspecified atom stereocenters. The van der Waals surface area contributed by atoms with Crippen LogP contribution in [0.4, 0.5) is 10.1 Å². The van der Waals surface area contributed by atoms with Crippen LogP contribution in [0, 0.1) is 12.7 Å². The molecule has 2 aromatic rings. The summed E-state index contributed by atoms with van der Waals surface area (Å²) >= 11 is 0. The fraction of sp³-hybridized carbons (Fsp3) is 0.318. The van der Waals surface area contributed by atoms with Gasteiger partial charge in [0.25, 0.3) is 5.91 Å². The number of amides is 3. The molecular formula is C22H24FN3O3. The smallest absolute Gasteiger partial charge is 0.312 e. The second-order valence-electron chi connectivity index (χ2n) is 7.45. The minimum absolute atomic E-state index is 0.00960. The third-order valence-electron chi connectivity index (χ3n) is 4.92. The number of nitrogens with one attached hydrogen (secondary N) is 1. The van der Waals surface area contributed by atoms with Crippen molar-refractivity contribution in [3.63, 3.8) is 0 Å². The molecule has 0 aromatic heterocycles. The van der Waals surface area contributed by atoms with E-state index in [1.807, 2.05) is 20.8 Å². The first-order valence-electron chi connectivity index (χ1n) is 9.52. The highest BCUT2D eigenvalue weighted by atomic mass is 19.1. The van der Waals surface area contributed by atoms with E-state index >= 15 is 0 Å². The van der Waals surface area contributed by atoms with Crippen LogP contribution in [-0.4, -0.2) is 46.7 Å². The van der Waals surface area contributed by atoms with Gasteiger partial charge in [-0.1, -0.05) is 18.2 Å². The van der Waals surface area contributed by atoms with Crippen molar-refractivity contribution < 1.29 is 18.8 Å². The van der Waals surface area contributed by atoms with Gasteiger partial charge >= 0.3 is 11.8 Å². The minimum atomic E-state index is -0.512. The van der Waals surface area contributed by atoms with Crippen LogP contribution in [0.1, 0.15) is 35.3 Å². The fourth-order valence-electron chi connectivity index (χ4n) is 3.24. The standard InChI is InChI=1S/C22H24FN3O3/c1-14(2)26-11-10-25(21(28)22(26)29)13-16-5-7-17(8-6-16)20(27)24-19-12-15(3)4-9-18(19)23/h4-9,12,14H,10-11,13H2,1-3H3,(H,24,27). The highest BCUT2D eigenvalue weighted by Crippen LogP contribution is 2.18. The molecule has 1 aliphatic heterocycles. The van der Waals surface area contributed by atoms with E-state index < -0.39 is 23.5 Å². The Labute approximate surface area is 169 Å². The lowest BCUT2D eigenvalue weighted by Crippen LogP contribution is -2.55. The lowest BCUT2D eigenvalue weighted by molar-refractivity contribution is -0.157. The number of benzene rings is 2. The first kappa shape index (κ1) is 20.5. The van der Waals surface area contributed by atoms with Crippen LogP contribution in [0.25, 0.3) is 0 Å². The van der Waals surface area contributed by atoms with Gasteiger partial charge in [0.15, 0.2) is 0 Å². The van der Waals surface area contributed by atoms with Crippen LogP contribution < -0.4 is 5.32 Å². The molecule has 29 heavy (non-hydrogen) atoms. The quantitative estimate of drug-likeness (QED) is 0.789. The summed E-state index contributed by atoms with van der Waals surface area (Å²) in [5.74, 6) is -1.91. The van der Waals surface area contributed by atoms with Gasteiger partial charge in [-0.3, -0.25) is 14.4 Å². The van der Waals surface area contributed by atoms with E-state index in [1.54, 1.807) is 41.3 Å². The molecular weight excluding hydrogens is 373 g/mol. The SMILES string of the molecule is Cc1ccc(F)c(NC(=O)c2ccc(CN3CCN(C(C)C)C(=O)C3=O)cc2)c1. The number of carbonyl (C=O) groups is 3. The highest BCUT2D eigenvalue weighted by molar-refractivity contribution is 6.35. The first-order chi connectivity index (χ1) is 13.8. The molecule has 0 saturated carbocycles. The second-order valence-corrected chi connectivity index (χ2v) is 7.45. The van der Waals surface area contributed by atoms with Crippen LogP contribution in [0.3, 0.4) is 0 Å². The van der Waals surface area contributed by atoms with Crippen LogP contribution in [-0.2, 0) is 16.1 Å². The van der Waals surface area contributed by atoms with Crippen LogP contribution >= 0.6 is 0 Å². The summed E-state index contributed by atoms with van der Waals surface area (Å²) in [7, 11) is 0. The molecule has 3 rings (SSSR count). The molecule has 1 heterocycles. The number of aryl methyl sites for hydroxylation is 1. The summed E-state index contributed by atoms with van der Waals surface area (Å²) in [4.78, 5) is 40.0. The predicted molar refractivity (Wildman–Crippen MR) is 108 cm³/mol. The Morgan fingerprint density at radius 3 is 2.41 bits per heavy atom. The van der Waals surface area contributed by atoms with E-state index in [1.165, 1.54) is 11.0 Å². The van der Waals surface area contributed by atoms with Crippen molar-refractivity contribution in [1.29, 1.82) is 0 Å². The molecule has 1 saturated heterocycles. The van der Waals surface area contributed by atoms with Gasteiger partial charge < -0.3 is 15.1 Å². The molecule has 2 aromatic carbocycles. The molecule has 1 aliphatic rings. The van der Waals surface area contributed by atoms with Crippen molar-refractivity contribution in [2.24, 2.45) is 0 Å². The van der Waals surface area contributed by atoms with Crippen molar-refractivity contribution in [1.82, 2.24) is 9.80 Å². The van der Waals surface area contributed by atoms with Crippen LogP contribution in [0.15, 0.2) is 42.5 Å². The van der Waals surface area contributed by atoms with Crippen LogP contribution in [0.2, 0.25) is 0 Å². The van der Waals surface area contributed by atoms with Crippen molar-refractivity contribution in [3.8, 4) is 0 Å². The largest absolute Gasteiger partial charge is 0.330 e. The molecule has 0 atom stereocenters. The number of nitrogens with zero attached hydrogens (tertiary/aromatic N) is 2. The molecule has 0 bridgehead atoms. The Bertz CT molecular complexity index is 941. The normalized spacial score (nSPS) is 14.5.